The third-order valence-corrected chi connectivity index (χ3v) is 2.50. The number of pyridine rings is 1. The van der Waals surface area contributed by atoms with Crippen LogP contribution >= 0.6 is 0 Å². The Hall–Kier alpha value is -1.98. The van der Waals surface area contributed by atoms with E-state index >= 15 is 0 Å². The van der Waals surface area contributed by atoms with Crippen molar-refractivity contribution >= 4 is 11.8 Å². The van der Waals surface area contributed by atoms with Crippen molar-refractivity contribution in [1.29, 1.82) is 0 Å². The Balaban J connectivity index is 2.13. The van der Waals surface area contributed by atoms with E-state index in [0.29, 0.717) is 19.5 Å². The number of rotatable bonds is 1. The van der Waals surface area contributed by atoms with Crippen molar-refractivity contribution in [2.45, 2.75) is 6.42 Å². The van der Waals surface area contributed by atoms with Gasteiger partial charge in [0.05, 0.1) is 12.7 Å². The Bertz CT molecular complexity index is 433. The second-order valence-corrected chi connectivity index (χ2v) is 3.79. The highest BCUT2D eigenvalue weighted by molar-refractivity contribution is 5.95. The highest BCUT2D eigenvalue weighted by Gasteiger charge is 2.21. The van der Waals surface area contributed by atoms with E-state index in [4.69, 9.17) is 0 Å². The molecule has 2 amide bonds. The first-order valence-electron chi connectivity index (χ1n) is 5.34. The Morgan fingerprint density at radius 3 is 3.00 bits per heavy atom. The summed E-state index contributed by atoms with van der Waals surface area (Å²) in [7, 11) is 0. The zero-order valence-electron chi connectivity index (χ0n) is 9.15. The molecule has 0 unspecified atom stereocenters. The van der Waals surface area contributed by atoms with Gasteiger partial charge >= 0.3 is 0 Å². The smallest absolute Gasteiger partial charge is 0.272 e. The van der Waals surface area contributed by atoms with Gasteiger partial charge in [-0.1, -0.05) is 0 Å². The van der Waals surface area contributed by atoms with Gasteiger partial charge in [-0.15, -0.1) is 0 Å². The number of carbonyl (C=O) groups is 2. The standard InChI is InChI=1S/C11H12FN3O2/c12-8-2-3-9(14-6-8)11(17)15-5-1-4-13-10(16)7-15/h2-3,6H,1,4-5,7H2,(H,13,16). The van der Waals surface area contributed by atoms with E-state index in [0.717, 1.165) is 6.20 Å². The first kappa shape index (κ1) is 11.5. The van der Waals surface area contributed by atoms with Crippen molar-refractivity contribution in [2.75, 3.05) is 19.6 Å². The molecule has 2 rings (SSSR count). The van der Waals surface area contributed by atoms with Crippen LogP contribution in [0.25, 0.3) is 0 Å². The zero-order valence-corrected chi connectivity index (χ0v) is 9.15. The minimum absolute atomic E-state index is 0.0257. The lowest BCUT2D eigenvalue weighted by Gasteiger charge is -2.18. The maximum atomic E-state index is 12.7. The predicted octanol–water partition coefficient (Wildman–Crippen LogP) is 0.183. The van der Waals surface area contributed by atoms with Gasteiger partial charge in [-0.05, 0) is 18.6 Å². The third-order valence-electron chi connectivity index (χ3n) is 2.50. The lowest BCUT2D eigenvalue weighted by molar-refractivity contribution is -0.121. The normalized spacial score (nSPS) is 16.3. The lowest BCUT2D eigenvalue weighted by Crippen LogP contribution is -2.37. The molecular weight excluding hydrogens is 225 g/mol. The van der Waals surface area contributed by atoms with Gasteiger partial charge in [-0.25, -0.2) is 9.37 Å². The summed E-state index contributed by atoms with van der Waals surface area (Å²) in [6, 6.07) is 2.50. The number of aromatic nitrogens is 1. The van der Waals surface area contributed by atoms with Gasteiger partial charge in [0.15, 0.2) is 0 Å². The summed E-state index contributed by atoms with van der Waals surface area (Å²) in [5.74, 6) is -1.02. The summed E-state index contributed by atoms with van der Waals surface area (Å²) in [6.45, 7) is 1.09. The van der Waals surface area contributed by atoms with Crippen molar-refractivity contribution in [2.24, 2.45) is 0 Å². The van der Waals surface area contributed by atoms with Crippen molar-refractivity contribution in [3.8, 4) is 0 Å². The molecule has 1 N–H and O–H groups in total. The summed E-state index contributed by atoms with van der Waals surface area (Å²) in [5.41, 5.74) is 0.154. The Kier molecular flexibility index (Phi) is 3.32. The van der Waals surface area contributed by atoms with Gasteiger partial charge in [-0.2, -0.15) is 0 Å². The molecule has 2 heterocycles. The predicted molar refractivity (Wildman–Crippen MR) is 57.7 cm³/mol. The van der Waals surface area contributed by atoms with Crippen LogP contribution in [-0.2, 0) is 4.79 Å². The fourth-order valence-corrected chi connectivity index (χ4v) is 1.64. The molecule has 1 aliphatic heterocycles. The number of nitrogens with zero attached hydrogens (tertiary/aromatic N) is 2. The van der Waals surface area contributed by atoms with Gasteiger partial charge in [0, 0.05) is 13.1 Å². The monoisotopic (exact) mass is 237 g/mol. The van der Waals surface area contributed by atoms with Crippen LogP contribution in [0.2, 0.25) is 0 Å². The Morgan fingerprint density at radius 1 is 1.47 bits per heavy atom. The SMILES string of the molecule is O=C1CN(C(=O)c2ccc(F)cn2)CCCN1. The molecule has 0 aliphatic carbocycles. The van der Waals surface area contributed by atoms with Crippen molar-refractivity contribution in [1.82, 2.24) is 15.2 Å². The second kappa shape index (κ2) is 4.90. The van der Waals surface area contributed by atoms with Crippen molar-refractivity contribution in [3.05, 3.63) is 29.8 Å². The molecule has 0 saturated carbocycles. The fraction of sp³-hybridized carbons (Fsp3) is 0.364. The maximum absolute atomic E-state index is 12.7. The summed E-state index contributed by atoms with van der Waals surface area (Å²) < 4.78 is 12.7. The number of hydrogen-bond acceptors (Lipinski definition) is 3. The molecular formula is C11H12FN3O2. The van der Waals surface area contributed by atoms with Crippen LogP contribution in [0.15, 0.2) is 18.3 Å². The van der Waals surface area contributed by atoms with Crippen molar-refractivity contribution in [3.63, 3.8) is 0 Å². The first-order valence-corrected chi connectivity index (χ1v) is 5.34. The Morgan fingerprint density at radius 2 is 2.29 bits per heavy atom. The molecule has 0 aromatic carbocycles. The molecule has 6 heteroatoms. The average molecular weight is 237 g/mol. The number of carbonyl (C=O) groups excluding carboxylic acids is 2. The van der Waals surface area contributed by atoms with Gasteiger partial charge in [0.1, 0.15) is 11.5 Å². The van der Waals surface area contributed by atoms with Crippen LogP contribution in [0.1, 0.15) is 16.9 Å². The van der Waals surface area contributed by atoms with Crippen LogP contribution in [0, 0.1) is 5.82 Å². The first-order chi connectivity index (χ1) is 8.16. The van der Waals surface area contributed by atoms with E-state index in [2.05, 4.69) is 10.3 Å². The molecule has 1 fully saturated rings. The highest BCUT2D eigenvalue weighted by atomic mass is 19.1. The van der Waals surface area contributed by atoms with Crippen LogP contribution in [0.4, 0.5) is 4.39 Å². The molecule has 1 aliphatic rings. The van der Waals surface area contributed by atoms with E-state index in [1.165, 1.54) is 17.0 Å². The highest BCUT2D eigenvalue weighted by Crippen LogP contribution is 2.05. The molecule has 17 heavy (non-hydrogen) atoms. The quantitative estimate of drug-likeness (QED) is 0.758. The van der Waals surface area contributed by atoms with Gasteiger partial charge in [-0.3, -0.25) is 9.59 Å². The molecule has 0 atom stereocenters. The fourth-order valence-electron chi connectivity index (χ4n) is 1.64. The molecule has 1 saturated heterocycles. The number of hydrogen-bond donors (Lipinski definition) is 1. The molecule has 0 bridgehead atoms. The summed E-state index contributed by atoms with van der Waals surface area (Å²) in [5, 5.41) is 2.68. The van der Waals surface area contributed by atoms with E-state index in [-0.39, 0.29) is 24.1 Å². The van der Waals surface area contributed by atoms with E-state index in [1.54, 1.807) is 0 Å². The molecule has 1 aromatic heterocycles. The van der Waals surface area contributed by atoms with Gasteiger partial charge in [0.25, 0.3) is 5.91 Å². The number of halogens is 1. The second-order valence-electron chi connectivity index (χ2n) is 3.79. The molecule has 0 spiro atoms. The topological polar surface area (TPSA) is 62.3 Å². The molecule has 1 aromatic rings. The minimum atomic E-state index is -0.491. The van der Waals surface area contributed by atoms with Gasteiger partial charge in [0.2, 0.25) is 5.91 Å². The minimum Gasteiger partial charge on any atom is -0.354 e. The van der Waals surface area contributed by atoms with Crippen LogP contribution in [-0.4, -0.2) is 41.3 Å². The Labute approximate surface area is 97.6 Å². The average Bonchev–Trinajstić information content (AvgIpc) is 2.54. The molecule has 0 radical (unpaired) electrons. The zero-order chi connectivity index (χ0) is 12.3. The summed E-state index contributed by atoms with van der Waals surface area (Å²) in [6.07, 6.45) is 1.70. The number of nitrogens with one attached hydrogen (secondary N) is 1. The van der Waals surface area contributed by atoms with E-state index in [1.807, 2.05) is 0 Å². The summed E-state index contributed by atoms with van der Waals surface area (Å²) >= 11 is 0. The van der Waals surface area contributed by atoms with Crippen molar-refractivity contribution < 1.29 is 14.0 Å². The largest absolute Gasteiger partial charge is 0.354 e. The lowest BCUT2D eigenvalue weighted by atomic mass is 10.3. The maximum Gasteiger partial charge on any atom is 0.272 e. The number of amides is 2. The van der Waals surface area contributed by atoms with E-state index < -0.39 is 5.82 Å². The van der Waals surface area contributed by atoms with Crippen LogP contribution in [0.3, 0.4) is 0 Å². The molecule has 5 nitrogen and oxygen atoms in total. The van der Waals surface area contributed by atoms with E-state index in [9.17, 15) is 14.0 Å². The van der Waals surface area contributed by atoms with Gasteiger partial charge < -0.3 is 10.2 Å². The van der Waals surface area contributed by atoms with Crippen LogP contribution in [0.5, 0.6) is 0 Å². The third kappa shape index (κ3) is 2.77. The van der Waals surface area contributed by atoms with Crippen LogP contribution < -0.4 is 5.32 Å². The summed E-state index contributed by atoms with van der Waals surface area (Å²) in [4.78, 5) is 28.4. The molecule has 90 valence electrons.